The first kappa shape index (κ1) is 76.7. The van der Waals surface area contributed by atoms with Crippen LogP contribution in [0.3, 0.4) is 0 Å². The van der Waals surface area contributed by atoms with Crippen molar-refractivity contribution in [3.63, 3.8) is 0 Å². The maximum atomic E-state index is 14.0. The zero-order valence-electron chi connectivity index (χ0n) is 52.8. The number of benzene rings is 9. The molecule has 2 N–H and O–H groups in total. The zero-order valence-corrected chi connectivity index (χ0v) is 58.1. The molecule has 480 valence electrons. The van der Waals surface area contributed by atoms with E-state index in [1.54, 1.807) is 103 Å². The molecule has 0 amide bonds. The van der Waals surface area contributed by atoms with Crippen LogP contribution in [0.25, 0.3) is 0 Å². The van der Waals surface area contributed by atoms with Gasteiger partial charge in [-0.2, -0.15) is 0 Å². The summed E-state index contributed by atoms with van der Waals surface area (Å²) in [6.07, 6.45) is 0.675. The summed E-state index contributed by atoms with van der Waals surface area (Å²) in [5.41, 5.74) is 11.3. The van der Waals surface area contributed by atoms with Crippen molar-refractivity contribution in [2.45, 2.75) is 96.3 Å². The highest BCUT2D eigenvalue weighted by molar-refractivity contribution is 14.1. The van der Waals surface area contributed by atoms with Crippen LogP contribution in [0.5, 0.6) is 40.2 Å². The fourth-order valence-corrected chi connectivity index (χ4v) is 9.54. The lowest BCUT2D eigenvalue weighted by Gasteiger charge is -2.12. The Morgan fingerprint density at radius 3 is 1.27 bits per heavy atom. The van der Waals surface area contributed by atoms with E-state index in [-0.39, 0.29) is 40.5 Å². The molecule has 0 saturated heterocycles. The summed E-state index contributed by atoms with van der Waals surface area (Å²) in [6.45, 7) is 22.0. The smallest absolute Gasteiger partial charge is 0.178 e. The molecule has 0 aliphatic heterocycles. The molecule has 0 saturated carbocycles. The monoisotopic (exact) mass is 1480 g/mol. The summed E-state index contributed by atoms with van der Waals surface area (Å²) < 4.78 is 120. The summed E-state index contributed by atoms with van der Waals surface area (Å²) >= 11 is 8.52. The molecule has 0 atom stereocenters. The van der Waals surface area contributed by atoms with Crippen LogP contribution in [-0.2, 0) is 13.2 Å². The number of ether oxygens (including phenoxy) is 5. The summed E-state index contributed by atoms with van der Waals surface area (Å²) in [5, 5.41) is 17.9. The zero-order chi connectivity index (χ0) is 67.7. The number of hydrogen-bond donors (Lipinski definition) is 2. The number of carbonyl (C=O) groups excluding carboxylic acids is 1. The van der Waals surface area contributed by atoms with Crippen LogP contribution in [0, 0.1) is 127 Å². The fraction of sp³-hybridized carbons (Fsp3) is 0.236. The standard InChI is InChI=1S/C16H15FO2.C15H14BrFO.C9H11FO.C8H8BrFO.C8H8FIO.2C8H9FO/c1-11-8-15(16(17)12(2)14(11)9-18)19-10-13-6-4-3-5-7-13;1-10-8-13(15(17)11(2)14(10)16)18-9-12-6-4-3-5-7-12;1-6-4-7(2)9(10)8(5-6)11-3;1-4-3-6(11)8(10)5(2)7(4)9;1-5-3-6(10)8(9)7(4-5)11-2;1-5-3-6(2)8(9)7(10)4-5;1-6-3-4-7(9)8(5-6)10-2/h3-9H,10H2,1-2H3;3-8H,9H2,1-2H3;4-5H,1-3H3;3,11H,1-2H3;3-4H,1-2H3;3-4,10H,1-2H3;3-5H,1-2H3. The number of hydrogen-bond acceptors (Lipinski definition) is 8. The Hall–Kier alpha value is -7.55. The lowest BCUT2D eigenvalue weighted by molar-refractivity contribution is 0.112. The second-order valence-corrected chi connectivity index (χ2v) is 23.3. The highest BCUT2D eigenvalue weighted by Crippen LogP contribution is 2.33. The Balaban J connectivity index is 0.000000279. The highest BCUT2D eigenvalue weighted by atomic mass is 127. The molecular weight excluding hydrogens is 1410 g/mol. The number of halogens is 10. The van der Waals surface area contributed by atoms with Gasteiger partial charge in [0.1, 0.15) is 13.2 Å². The number of aldehydes is 1. The van der Waals surface area contributed by atoms with E-state index < -0.39 is 17.5 Å². The van der Waals surface area contributed by atoms with Gasteiger partial charge in [0.2, 0.25) is 0 Å². The second kappa shape index (κ2) is 37.6. The minimum absolute atomic E-state index is 0.185. The minimum Gasteiger partial charge on any atom is -0.505 e. The van der Waals surface area contributed by atoms with E-state index in [0.717, 1.165) is 54.5 Å². The number of aryl methyl sites for hydroxylation is 9. The van der Waals surface area contributed by atoms with Crippen molar-refractivity contribution in [2.24, 2.45) is 0 Å². The van der Waals surface area contributed by atoms with Gasteiger partial charge in [0.05, 0.1) is 24.9 Å². The molecular formula is C72H74Br2F7IO8. The Morgan fingerprint density at radius 2 is 0.800 bits per heavy atom. The van der Waals surface area contributed by atoms with Crippen LogP contribution in [0.2, 0.25) is 0 Å². The minimum atomic E-state index is -0.553. The number of carbonyl (C=O) groups is 1. The first-order chi connectivity index (χ1) is 42.4. The predicted molar refractivity (Wildman–Crippen MR) is 360 cm³/mol. The molecule has 9 aromatic rings. The summed E-state index contributed by atoms with van der Waals surface area (Å²) in [6, 6.07) is 38.7. The first-order valence-electron chi connectivity index (χ1n) is 27.6. The third-order valence-corrected chi connectivity index (χ3v) is 16.3. The SMILES string of the molecule is COc1cc(C)cc(C)c1F.COc1cc(C)cc(I)c1F.COc1cc(C)ccc1F.Cc1cc(C)c(F)c(O)c1.Cc1cc(O)c(F)c(C)c1Br.Cc1cc(OCc2ccccc2)c(F)c(C)c1Br.Cc1cc(OCc2ccccc2)c(F)c(C)c1C=O. The molecule has 0 spiro atoms. The summed E-state index contributed by atoms with van der Waals surface area (Å²) in [7, 11) is 4.39. The maximum absolute atomic E-state index is 14.0. The van der Waals surface area contributed by atoms with E-state index in [2.05, 4.69) is 31.9 Å². The van der Waals surface area contributed by atoms with Gasteiger partial charge in [0.15, 0.2) is 87.3 Å². The molecule has 9 rings (SSSR count). The van der Waals surface area contributed by atoms with E-state index in [1.165, 1.54) is 39.5 Å². The third kappa shape index (κ3) is 23.4. The number of phenols is 2. The van der Waals surface area contributed by atoms with Gasteiger partial charge in [-0.1, -0.05) is 111 Å². The Kier molecular flexibility index (Phi) is 32.0. The third-order valence-electron chi connectivity index (χ3n) is 13.1. The van der Waals surface area contributed by atoms with Crippen molar-refractivity contribution in [3.8, 4) is 40.2 Å². The van der Waals surface area contributed by atoms with Gasteiger partial charge in [-0.15, -0.1) is 0 Å². The normalized spacial score (nSPS) is 10.1. The molecule has 18 heteroatoms. The average molecular weight is 1490 g/mol. The van der Waals surface area contributed by atoms with Gasteiger partial charge in [-0.3, -0.25) is 4.79 Å². The van der Waals surface area contributed by atoms with Crippen LogP contribution >= 0.6 is 54.5 Å². The average Bonchev–Trinajstić information content (AvgIpc) is 2.99. The van der Waals surface area contributed by atoms with Gasteiger partial charge in [-0.05, 0) is 227 Å². The molecule has 9 aromatic carbocycles. The Bertz CT molecular complexity index is 3730. The Morgan fingerprint density at radius 1 is 0.400 bits per heavy atom. The number of phenolic OH excluding ortho intramolecular Hbond substituents is 2. The number of rotatable bonds is 10. The van der Waals surface area contributed by atoms with E-state index in [1.807, 2.05) is 118 Å². The van der Waals surface area contributed by atoms with E-state index in [0.29, 0.717) is 83.9 Å². The van der Waals surface area contributed by atoms with Crippen molar-refractivity contribution in [1.82, 2.24) is 0 Å². The molecule has 0 aliphatic rings. The van der Waals surface area contributed by atoms with Gasteiger partial charge in [-0.25, -0.2) is 30.7 Å². The van der Waals surface area contributed by atoms with E-state index >= 15 is 0 Å². The second-order valence-electron chi connectivity index (χ2n) is 20.5. The molecule has 0 unspecified atom stereocenters. The predicted octanol–water partition coefficient (Wildman–Crippen LogP) is 21.0. The molecule has 0 aliphatic carbocycles. The summed E-state index contributed by atoms with van der Waals surface area (Å²) in [5.74, 6) is -1.83. The number of methoxy groups -OCH3 is 3. The van der Waals surface area contributed by atoms with Crippen molar-refractivity contribution >= 4 is 60.7 Å². The molecule has 0 radical (unpaired) electrons. The molecule has 90 heavy (non-hydrogen) atoms. The van der Waals surface area contributed by atoms with Crippen LogP contribution in [0.15, 0.2) is 142 Å². The lowest BCUT2D eigenvalue weighted by Crippen LogP contribution is -2.02. The summed E-state index contributed by atoms with van der Waals surface area (Å²) in [4.78, 5) is 10.9. The lowest BCUT2D eigenvalue weighted by atomic mass is 10.0. The molecule has 0 bridgehead atoms. The first-order valence-corrected chi connectivity index (χ1v) is 30.3. The van der Waals surface area contributed by atoms with Crippen LogP contribution in [0.4, 0.5) is 30.7 Å². The highest BCUT2D eigenvalue weighted by Gasteiger charge is 2.16. The largest absolute Gasteiger partial charge is 0.505 e. The topological polar surface area (TPSA) is 104 Å². The van der Waals surface area contributed by atoms with Gasteiger partial charge < -0.3 is 33.9 Å². The van der Waals surface area contributed by atoms with Gasteiger partial charge >= 0.3 is 0 Å². The van der Waals surface area contributed by atoms with Crippen molar-refractivity contribution < 1.29 is 69.4 Å². The van der Waals surface area contributed by atoms with Crippen molar-refractivity contribution in [2.75, 3.05) is 21.3 Å². The molecule has 0 fully saturated rings. The molecule has 8 nitrogen and oxygen atoms in total. The fourth-order valence-electron chi connectivity index (χ4n) is 8.21. The quantitative estimate of drug-likeness (QED) is 0.0793. The van der Waals surface area contributed by atoms with E-state index in [9.17, 15) is 35.5 Å². The van der Waals surface area contributed by atoms with Gasteiger partial charge in [0.25, 0.3) is 0 Å². The van der Waals surface area contributed by atoms with Crippen LogP contribution < -0.4 is 23.7 Å². The van der Waals surface area contributed by atoms with Crippen LogP contribution in [-0.4, -0.2) is 37.8 Å². The number of aromatic hydroxyl groups is 2. The molecule has 0 aromatic heterocycles. The van der Waals surface area contributed by atoms with Crippen molar-refractivity contribution in [1.29, 1.82) is 0 Å². The Labute approximate surface area is 554 Å². The van der Waals surface area contributed by atoms with E-state index in [4.69, 9.17) is 33.9 Å². The van der Waals surface area contributed by atoms with Gasteiger partial charge in [0, 0.05) is 25.6 Å². The van der Waals surface area contributed by atoms with Crippen molar-refractivity contribution in [3.05, 3.63) is 270 Å². The molecule has 0 heterocycles. The maximum Gasteiger partial charge on any atom is 0.178 e. The van der Waals surface area contributed by atoms with Crippen LogP contribution in [0.1, 0.15) is 88.2 Å².